The van der Waals surface area contributed by atoms with Gasteiger partial charge in [0.25, 0.3) is 5.91 Å². The van der Waals surface area contributed by atoms with Crippen LogP contribution in [0.5, 0.6) is 0 Å². The lowest BCUT2D eigenvalue weighted by molar-refractivity contribution is 0.0956. The van der Waals surface area contributed by atoms with E-state index in [1.807, 2.05) is 0 Å². The van der Waals surface area contributed by atoms with Crippen LogP contribution in [-0.4, -0.2) is 36.6 Å². The molecule has 1 atom stereocenters. The smallest absolute Gasteiger partial charge is 0.252 e. The van der Waals surface area contributed by atoms with Crippen LogP contribution in [0.2, 0.25) is 10.0 Å². The third-order valence-electron chi connectivity index (χ3n) is 2.51. The standard InChI is InChI=1S/C11H14Cl2N2O4S2/c1-2-20(17)4-3-15-11(16)7-5-10(21(14,18)19)9(13)6-8(7)12/h5-6H,2-4H2,1H3,(H,15,16)(H2,14,18,19). The maximum absolute atomic E-state index is 12.0. The fourth-order valence-electron chi connectivity index (χ4n) is 1.44. The Morgan fingerprint density at radius 1 is 1.33 bits per heavy atom. The second kappa shape index (κ2) is 7.55. The van der Waals surface area contributed by atoms with Gasteiger partial charge in [-0.3, -0.25) is 9.00 Å². The van der Waals surface area contributed by atoms with Gasteiger partial charge in [0, 0.05) is 28.9 Å². The molecule has 0 aromatic heterocycles. The molecule has 6 nitrogen and oxygen atoms in total. The summed E-state index contributed by atoms with van der Waals surface area (Å²) in [5.41, 5.74) is -0.0626. The molecule has 1 amide bonds. The number of primary sulfonamides is 1. The molecule has 0 saturated carbocycles. The Labute approximate surface area is 135 Å². The first-order valence-electron chi connectivity index (χ1n) is 5.81. The van der Waals surface area contributed by atoms with Crippen LogP contribution in [0.25, 0.3) is 0 Å². The summed E-state index contributed by atoms with van der Waals surface area (Å²) in [6, 6.07) is 2.16. The number of hydrogen-bond donors (Lipinski definition) is 2. The van der Waals surface area contributed by atoms with Gasteiger partial charge < -0.3 is 5.32 Å². The normalized spacial score (nSPS) is 13.0. The Balaban J connectivity index is 2.97. The van der Waals surface area contributed by atoms with Gasteiger partial charge >= 0.3 is 0 Å². The average molecular weight is 373 g/mol. The van der Waals surface area contributed by atoms with Gasteiger partial charge in [-0.05, 0) is 12.1 Å². The van der Waals surface area contributed by atoms with E-state index in [2.05, 4.69) is 5.32 Å². The molecule has 0 aliphatic heterocycles. The van der Waals surface area contributed by atoms with E-state index in [0.717, 1.165) is 12.1 Å². The molecule has 1 aromatic rings. The molecule has 1 unspecified atom stereocenters. The van der Waals surface area contributed by atoms with Crippen LogP contribution < -0.4 is 10.5 Å². The van der Waals surface area contributed by atoms with Crippen LogP contribution >= 0.6 is 23.2 Å². The molecule has 0 spiro atoms. The number of sulfonamides is 1. The zero-order valence-corrected chi connectivity index (χ0v) is 14.2. The average Bonchev–Trinajstić information content (AvgIpc) is 2.36. The summed E-state index contributed by atoms with van der Waals surface area (Å²) in [5.74, 6) is 0.206. The number of rotatable bonds is 6. The molecule has 10 heteroatoms. The second-order valence-corrected chi connectivity index (χ2v) is 8.21. The highest BCUT2D eigenvalue weighted by molar-refractivity contribution is 7.89. The molecule has 0 aliphatic rings. The van der Waals surface area contributed by atoms with Gasteiger partial charge in [0.2, 0.25) is 10.0 Å². The van der Waals surface area contributed by atoms with Crippen LogP contribution in [0, 0.1) is 0 Å². The number of halogens is 2. The monoisotopic (exact) mass is 372 g/mol. The van der Waals surface area contributed by atoms with Gasteiger partial charge in [-0.2, -0.15) is 0 Å². The summed E-state index contributed by atoms with van der Waals surface area (Å²) in [7, 11) is -5.08. The van der Waals surface area contributed by atoms with Crippen molar-refractivity contribution in [2.75, 3.05) is 18.1 Å². The summed E-state index contributed by atoms with van der Waals surface area (Å²) in [6.07, 6.45) is 0. The molecule has 1 aromatic carbocycles. The van der Waals surface area contributed by atoms with E-state index >= 15 is 0 Å². The SMILES string of the molecule is CCS(=O)CCNC(=O)c1cc(S(N)(=O)=O)c(Cl)cc1Cl. The van der Waals surface area contributed by atoms with Crippen molar-refractivity contribution in [3.63, 3.8) is 0 Å². The Bertz CT molecular complexity index is 677. The van der Waals surface area contributed by atoms with Gasteiger partial charge in [-0.15, -0.1) is 0 Å². The lowest BCUT2D eigenvalue weighted by Crippen LogP contribution is -2.28. The van der Waals surface area contributed by atoms with E-state index in [1.54, 1.807) is 6.92 Å². The number of benzene rings is 1. The largest absolute Gasteiger partial charge is 0.351 e. The zero-order chi connectivity index (χ0) is 16.2. The number of amides is 1. The van der Waals surface area contributed by atoms with Gasteiger partial charge in [0.05, 0.1) is 15.6 Å². The van der Waals surface area contributed by atoms with E-state index < -0.39 is 26.7 Å². The van der Waals surface area contributed by atoms with Gasteiger partial charge in [-0.25, -0.2) is 13.6 Å². The van der Waals surface area contributed by atoms with E-state index in [-0.39, 0.29) is 27.0 Å². The predicted molar refractivity (Wildman–Crippen MR) is 83.7 cm³/mol. The molecule has 0 bridgehead atoms. The summed E-state index contributed by atoms with van der Waals surface area (Å²) >= 11 is 11.6. The third-order valence-corrected chi connectivity index (χ3v) is 5.50. The van der Waals surface area contributed by atoms with Gasteiger partial charge in [-0.1, -0.05) is 30.1 Å². The molecule has 0 radical (unpaired) electrons. The van der Waals surface area contributed by atoms with Crippen molar-refractivity contribution in [2.45, 2.75) is 11.8 Å². The van der Waals surface area contributed by atoms with Crippen LogP contribution in [-0.2, 0) is 20.8 Å². The number of carbonyl (C=O) groups excluding carboxylic acids is 1. The number of hydrogen-bond acceptors (Lipinski definition) is 4. The molecule has 0 fully saturated rings. The third kappa shape index (κ3) is 5.23. The van der Waals surface area contributed by atoms with Crippen LogP contribution in [0.3, 0.4) is 0 Å². The van der Waals surface area contributed by atoms with Gasteiger partial charge in [0.1, 0.15) is 4.90 Å². The predicted octanol–water partition coefficient (Wildman–Crippen LogP) is 1.14. The topological polar surface area (TPSA) is 106 Å². The minimum Gasteiger partial charge on any atom is -0.351 e. The maximum atomic E-state index is 12.0. The Kier molecular flexibility index (Phi) is 6.61. The van der Waals surface area contributed by atoms with E-state index in [4.69, 9.17) is 28.3 Å². The molecule has 1 rings (SSSR count). The maximum Gasteiger partial charge on any atom is 0.252 e. The fraction of sp³-hybridized carbons (Fsp3) is 0.364. The van der Waals surface area contributed by atoms with Crippen LogP contribution in [0.4, 0.5) is 0 Å². The highest BCUT2D eigenvalue weighted by Gasteiger charge is 2.19. The lowest BCUT2D eigenvalue weighted by atomic mass is 10.2. The molecule has 0 heterocycles. The first-order chi connectivity index (χ1) is 9.66. The Morgan fingerprint density at radius 3 is 2.48 bits per heavy atom. The molecule has 118 valence electrons. The van der Waals surface area contributed by atoms with Crippen molar-refractivity contribution < 1.29 is 17.4 Å². The van der Waals surface area contributed by atoms with Crippen molar-refractivity contribution in [3.8, 4) is 0 Å². The quantitative estimate of drug-likeness (QED) is 0.780. The molecule has 21 heavy (non-hydrogen) atoms. The second-order valence-electron chi connectivity index (χ2n) is 4.00. The van der Waals surface area contributed by atoms with Crippen molar-refractivity contribution in [1.82, 2.24) is 5.32 Å². The summed E-state index contributed by atoms with van der Waals surface area (Å²) in [5, 5.41) is 7.36. The van der Waals surface area contributed by atoms with Gasteiger partial charge in [0.15, 0.2) is 0 Å². The first kappa shape index (κ1) is 18.4. The number of nitrogens with two attached hydrogens (primary N) is 1. The molecular formula is C11H14Cl2N2O4S2. The summed E-state index contributed by atoms with van der Waals surface area (Å²) in [4.78, 5) is 11.6. The van der Waals surface area contributed by atoms with Crippen molar-refractivity contribution in [1.29, 1.82) is 0 Å². The highest BCUT2D eigenvalue weighted by atomic mass is 35.5. The molecule has 0 aliphatic carbocycles. The van der Waals surface area contributed by atoms with Crippen molar-refractivity contribution in [2.24, 2.45) is 5.14 Å². The first-order valence-corrected chi connectivity index (χ1v) is 9.60. The van der Waals surface area contributed by atoms with Crippen molar-refractivity contribution in [3.05, 3.63) is 27.7 Å². The molecule has 3 N–H and O–H groups in total. The zero-order valence-electron chi connectivity index (χ0n) is 11.1. The molecular weight excluding hydrogens is 359 g/mol. The summed E-state index contributed by atoms with van der Waals surface area (Å²) in [6.45, 7) is 1.95. The van der Waals surface area contributed by atoms with Crippen molar-refractivity contribution >= 4 is 49.9 Å². The van der Waals surface area contributed by atoms with E-state index in [1.165, 1.54) is 0 Å². The summed E-state index contributed by atoms with van der Waals surface area (Å²) < 4.78 is 34.0. The van der Waals surface area contributed by atoms with Crippen LogP contribution in [0.15, 0.2) is 17.0 Å². The highest BCUT2D eigenvalue weighted by Crippen LogP contribution is 2.27. The lowest BCUT2D eigenvalue weighted by Gasteiger charge is -2.09. The number of nitrogens with one attached hydrogen (secondary N) is 1. The molecule has 0 saturated heterocycles. The Hall–Kier alpha value is -0.670. The van der Waals surface area contributed by atoms with E-state index in [0.29, 0.717) is 11.5 Å². The minimum atomic E-state index is -4.06. The van der Waals surface area contributed by atoms with Crippen LogP contribution in [0.1, 0.15) is 17.3 Å². The minimum absolute atomic E-state index is 0.00140. The van der Waals surface area contributed by atoms with E-state index in [9.17, 15) is 17.4 Å². The number of carbonyl (C=O) groups is 1. The Morgan fingerprint density at radius 2 is 1.95 bits per heavy atom. The fourth-order valence-corrected chi connectivity index (χ4v) is 3.46.